The zero-order valence-corrected chi connectivity index (χ0v) is 44.4. The van der Waals surface area contributed by atoms with Gasteiger partial charge in [-0.1, -0.05) is 80.4 Å². The van der Waals surface area contributed by atoms with Crippen LogP contribution in [-0.4, -0.2) is 152 Å². The Balaban J connectivity index is 3.63. The van der Waals surface area contributed by atoms with E-state index in [2.05, 4.69) is 55.2 Å². The number of aromatic hydroxyl groups is 1. The standard InChI is InChI=1S/C48H76N10O16S/c1-9-24(7)38(46(71)54-31(20-36(63)64)41(66)53-30(19-35(61)62)42(67)55-32(48(73)74)17-22(3)4)57-43(68)29(18-26-11-13-27(59)14-12-26)52-40(65)28(15-16-34(49)60)51-44(69)33(21-75)56-47(72)39(25(8)10-2)58-45(70)37(50)23(5)6/h11-14,22-25,28-33,37-39,59,75H,9-10,15-21,50H2,1-8H3,(H2,49,60)(H,51,69)(H,52,65)(H,53,66)(H,54,71)(H,55,67)(H,56,72)(H,57,68)(H,58,70)(H,61,62)(H,63,64)(H,73,74)/t24-,25-,28-,29-,30-,31-,32-,33-,37-,38-,39-/m0/s1. The predicted molar refractivity (Wildman–Crippen MR) is 273 cm³/mol. The number of carbonyl (C=O) groups is 12. The lowest BCUT2D eigenvalue weighted by molar-refractivity contribution is -0.145. The number of thiol groups is 1. The summed E-state index contributed by atoms with van der Waals surface area (Å²) < 4.78 is 0. The molecular weight excluding hydrogens is 1000 g/mol. The quantitative estimate of drug-likeness (QED) is 0.0337. The van der Waals surface area contributed by atoms with E-state index in [0.29, 0.717) is 12.0 Å². The Hall–Kier alpha value is -7.03. The minimum atomic E-state index is -2.01. The first-order chi connectivity index (χ1) is 34.9. The summed E-state index contributed by atoms with van der Waals surface area (Å²) in [6.45, 7) is 13.4. The van der Waals surface area contributed by atoms with Crippen LogP contribution in [0.1, 0.15) is 106 Å². The Kier molecular flexibility index (Phi) is 28.4. The number of benzene rings is 1. The van der Waals surface area contributed by atoms with Gasteiger partial charge in [0.15, 0.2) is 0 Å². The number of hydrogen-bond donors (Lipinski definition) is 15. The van der Waals surface area contributed by atoms with Crippen molar-refractivity contribution in [2.75, 3.05) is 5.75 Å². The second-order valence-corrected chi connectivity index (χ2v) is 19.5. The summed E-state index contributed by atoms with van der Waals surface area (Å²) in [5.41, 5.74) is 11.8. The maximum atomic E-state index is 14.4. The molecule has 0 aliphatic heterocycles. The van der Waals surface area contributed by atoms with Crippen LogP contribution < -0.4 is 54.0 Å². The number of rotatable bonds is 34. The molecule has 1 aromatic carbocycles. The normalized spacial score (nSPS) is 15.6. The molecule has 0 radical (unpaired) electrons. The maximum Gasteiger partial charge on any atom is 0.326 e. The summed E-state index contributed by atoms with van der Waals surface area (Å²) in [6, 6.07) is -8.38. The molecule has 0 saturated carbocycles. The molecule has 16 N–H and O–H groups in total. The average molecular weight is 1080 g/mol. The minimum absolute atomic E-state index is 0.0720. The number of phenols is 1. The van der Waals surface area contributed by atoms with E-state index in [1.807, 2.05) is 0 Å². The summed E-state index contributed by atoms with van der Waals surface area (Å²) in [4.78, 5) is 157. The Labute approximate surface area is 440 Å². The van der Waals surface area contributed by atoms with Crippen molar-refractivity contribution in [2.24, 2.45) is 35.1 Å². The van der Waals surface area contributed by atoms with Crippen LogP contribution in [0.4, 0.5) is 0 Å². The second kappa shape index (κ2) is 32.3. The van der Waals surface area contributed by atoms with Gasteiger partial charge in [-0.15, -0.1) is 0 Å². The highest BCUT2D eigenvalue weighted by Crippen LogP contribution is 2.16. The van der Waals surface area contributed by atoms with Gasteiger partial charge in [-0.2, -0.15) is 12.6 Å². The van der Waals surface area contributed by atoms with Crippen molar-refractivity contribution in [3.63, 3.8) is 0 Å². The number of phenolic OH excluding ortho intramolecular Hbond substituents is 1. The van der Waals surface area contributed by atoms with Crippen LogP contribution in [0.3, 0.4) is 0 Å². The van der Waals surface area contributed by atoms with Crippen LogP contribution in [0.15, 0.2) is 24.3 Å². The predicted octanol–water partition coefficient (Wildman–Crippen LogP) is -1.84. The molecule has 0 fully saturated rings. The fourth-order valence-corrected chi connectivity index (χ4v) is 7.37. The van der Waals surface area contributed by atoms with Crippen molar-refractivity contribution in [3.05, 3.63) is 29.8 Å². The molecule has 420 valence electrons. The molecule has 26 nitrogen and oxygen atoms in total. The third-order valence-corrected chi connectivity index (χ3v) is 12.5. The molecule has 1 rings (SSSR count). The average Bonchev–Trinajstić information content (AvgIpc) is 3.33. The molecule has 0 unspecified atom stereocenters. The SMILES string of the molecule is CC[C@H](C)[C@H](NC(=O)[C@H](Cc1ccc(O)cc1)NC(=O)[C@H](CCC(N)=O)NC(=O)[C@H](CS)NC(=O)[C@@H](NC(=O)[C@@H](N)C(C)C)[C@@H](C)CC)C(=O)N[C@@H](CC(=O)O)C(=O)N[C@@H](CC(=O)O)C(=O)N[C@@H](CC(C)C)C(=O)O. The fourth-order valence-electron chi connectivity index (χ4n) is 7.11. The van der Waals surface area contributed by atoms with Crippen LogP contribution in [0.2, 0.25) is 0 Å². The number of nitrogens with one attached hydrogen (secondary N) is 8. The second-order valence-electron chi connectivity index (χ2n) is 19.1. The summed E-state index contributed by atoms with van der Waals surface area (Å²) in [5, 5.41) is 57.9. The van der Waals surface area contributed by atoms with Crippen LogP contribution in [0.25, 0.3) is 0 Å². The number of hydrogen-bond acceptors (Lipinski definition) is 15. The monoisotopic (exact) mass is 1080 g/mol. The Morgan fingerprint density at radius 1 is 0.533 bits per heavy atom. The third-order valence-electron chi connectivity index (χ3n) is 12.1. The van der Waals surface area contributed by atoms with E-state index in [9.17, 15) is 78.0 Å². The summed E-state index contributed by atoms with van der Waals surface area (Å²) in [6.07, 6.45) is -2.89. The highest BCUT2D eigenvalue weighted by Gasteiger charge is 2.38. The summed E-state index contributed by atoms with van der Waals surface area (Å²) in [5.74, 6) is -15.9. The number of primary amides is 1. The number of aliphatic carboxylic acids is 3. The number of carboxylic acid groups (broad SMARTS) is 3. The van der Waals surface area contributed by atoms with Crippen molar-refractivity contribution < 1.29 is 78.0 Å². The van der Waals surface area contributed by atoms with Crippen molar-refractivity contribution in [1.82, 2.24) is 42.5 Å². The molecule has 0 aliphatic carbocycles. The number of carboxylic acids is 3. The van der Waals surface area contributed by atoms with Gasteiger partial charge in [0.25, 0.3) is 0 Å². The van der Waals surface area contributed by atoms with Crippen LogP contribution in [0, 0.1) is 23.7 Å². The van der Waals surface area contributed by atoms with E-state index in [0.717, 1.165) is 0 Å². The molecule has 75 heavy (non-hydrogen) atoms. The van der Waals surface area contributed by atoms with Gasteiger partial charge >= 0.3 is 17.9 Å². The van der Waals surface area contributed by atoms with Crippen molar-refractivity contribution in [1.29, 1.82) is 0 Å². The smallest absolute Gasteiger partial charge is 0.326 e. The molecule has 0 bridgehead atoms. The first-order valence-corrected chi connectivity index (χ1v) is 25.1. The molecular formula is C48H76N10O16S. The van der Waals surface area contributed by atoms with Gasteiger partial charge in [-0.25, -0.2) is 4.79 Å². The highest BCUT2D eigenvalue weighted by molar-refractivity contribution is 7.80. The van der Waals surface area contributed by atoms with E-state index >= 15 is 0 Å². The van der Waals surface area contributed by atoms with Crippen molar-refractivity contribution in [3.8, 4) is 5.75 Å². The zero-order chi connectivity index (χ0) is 57.4. The molecule has 1 aromatic rings. The Morgan fingerprint density at radius 2 is 0.920 bits per heavy atom. The number of nitrogens with two attached hydrogens (primary N) is 2. The molecule has 9 amide bonds. The lowest BCUT2D eigenvalue weighted by atomic mass is 9.96. The van der Waals surface area contributed by atoms with E-state index < -0.39 is 163 Å². The van der Waals surface area contributed by atoms with Crippen LogP contribution in [-0.2, 0) is 64.0 Å². The molecule has 0 spiro atoms. The molecule has 0 aliphatic rings. The van der Waals surface area contributed by atoms with Gasteiger partial charge in [0, 0.05) is 18.6 Å². The molecule has 27 heteroatoms. The highest BCUT2D eigenvalue weighted by atomic mass is 32.1. The van der Waals surface area contributed by atoms with Crippen LogP contribution in [0.5, 0.6) is 5.75 Å². The minimum Gasteiger partial charge on any atom is -0.508 e. The third kappa shape index (κ3) is 23.4. The molecule has 0 saturated heterocycles. The van der Waals surface area contributed by atoms with E-state index in [4.69, 9.17) is 11.5 Å². The largest absolute Gasteiger partial charge is 0.508 e. The summed E-state index contributed by atoms with van der Waals surface area (Å²) >= 11 is 4.22. The van der Waals surface area contributed by atoms with Crippen molar-refractivity contribution in [2.45, 2.75) is 161 Å². The number of carbonyl (C=O) groups excluding carboxylic acids is 9. The lowest BCUT2D eigenvalue weighted by Crippen LogP contribution is -2.62. The molecule has 0 heterocycles. The van der Waals surface area contributed by atoms with Gasteiger partial charge in [0.05, 0.1) is 18.9 Å². The van der Waals surface area contributed by atoms with E-state index in [-0.39, 0.29) is 42.6 Å². The van der Waals surface area contributed by atoms with E-state index in [1.54, 1.807) is 48.5 Å². The number of amides is 9. The Morgan fingerprint density at radius 3 is 1.33 bits per heavy atom. The van der Waals surface area contributed by atoms with Gasteiger partial charge < -0.3 is 74.4 Å². The van der Waals surface area contributed by atoms with Gasteiger partial charge in [-0.3, -0.25) is 52.7 Å². The molecule has 11 atom stereocenters. The van der Waals surface area contributed by atoms with Gasteiger partial charge in [0.2, 0.25) is 53.2 Å². The topological polar surface area (TPSA) is 434 Å². The van der Waals surface area contributed by atoms with Crippen molar-refractivity contribution >= 4 is 83.7 Å². The molecule has 0 aromatic heterocycles. The summed E-state index contributed by atoms with van der Waals surface area (Å²) in [7, 11) is 0. The van der Waals surface area contributed by atoms with Gasteiger partial charge in [-0.05, 0) is 54.2 Å². The first kappa shape index (κ1) is 66.0. The lowest BCUT2D eigenvalue weighted by Gasteiger charge is -2.30. The first-order valence-electron chi connectivity index (χ1n) is 24.5. The maximum absolute atomic E-state index is 14.4. The Bertz CT molecular complexity index is 2180. The van der Waals surface area contributed by atoms with Crippen LogP contribution >= 0.6 is 12.6 Å². The van der Waals surface area contributed by atoms with Gasteiger partial charge in [0.1, 0.15) is 54.1 Å². The van der Waals surface area contributed by atoms with E-state index in [1.165, 1.54) is 31.2 Å². The fraction of sp³-hybridized carbons (Fsp3) is 0.625. The zero-order valence-electron chi connectivity index (χ0n) is 43.5.